The first-order valence-corrected chi connectivity index (χ1v) is 13.6. The molecule has 0 spiro atoms. The monoisotopic (exact) mass is 594 g/mol. The van der Waals surface area contributed by atoms with Gasteiger partial charge in [-0.05, 0) is 77.0 Å². The number of likely N-dealkylation sites (tertiary alicyclic amines) is 1. The predicted molar refractivity (Wildman–Crippen MR) is 151 cm³/mol. The summed E-state index contributed by atoms with van der Waals surface area (Å²) >= 11 is 3.45. The number of nitrogens with one attached hydrogen (secondary N) is 2. The molecule has 4 rings (SSSR count). The number of aromatic nitrogens is 1. The fourth-order valence-electron chi connectivity index (χ4n) is 4.34. The van der Waals surface area contributed by atoms with Gasteiger partial charge in [-0.2, -0.15) is 0 Å². The van der Waals surface area contributed by atoms with Gasteiger partial charge in [0.1, 0.15) is 18.4 Å². The Balaban J connectivity index is 1.15. The Bertz CT molecular complexity index is 1270. The maximum absolute atomic E-state index is 12.4. The van der Waals surface area contributed by atoms with Crippen LogP contribution in [0.2, 0.25) is 0 Å². The highest BCUT2D eigenvalue weighted by Crippen LogP contribution is 2.29. The summed E-state index contributed by atoms with van der Waals surface area (Å²) in [5.74, 6) is 0.126. The van der Waals surface area contributed by atoms with Crippen molar-refractivity contribution in [2.45, 2.75) is 31.8 Å². The third kappa shape index (κ3) is 8.03. The zero-order valence-electron chi connectivity index (χ0n) is 21.6. The van der Waals surface area contributed by atoms with E-state index >= 15 is 0 Å². The van der Waals surface area contributed by atoms with E-state index < -0.39 is 12.2 Å². The van der Waals surface area contributed by atoms with Crippen molar-refractivity contribution >= 4 is 39.7 Å². The van der Waals surface area contributed by atoms with E-state index in [1.807, 2.05) is 18.2 Å². The maximum Gasteiger partial charge on any atom is 0.409 e. The lowest BCUT2D eigenvalue weighted by atomic mass is 9.90. The number of halogens is 1. The van der Waals surface area contributed by atoms with E-state index in [-0.39, 0.29) is 25.2 Å². The second kappa shape index (κ2) is 13.7. The van der Waals surface area contributed by atoms with Gasteiger partial charge in [-0.1, -0.05) is 42.5 Å². The maximum atomic E-state index is 12.4. The lowest BCUT2D eigenvalue weighted by Gasteiger charge is -2.31. The van der Waals surface area contributed by atoms with Crippen LogP contribution in [0, 0.1) is 0 Å². The Kier molecular flexibility index (Phi) is 9.91. The largest absolute Gasteiger partial charge is 0.448 e. The smallest absolute Gasteiger partial charge is 0.409 e. The van der Waals surface area contributed by atoms with Crippen LogP contribution in [0.25, 0.3) is 0 Å². The van der Waals surface area contributed by atoms with E-state index in [1.165, 1.54) is 5.56 Å². The van der Waals surface area contributed by atoms with Gasteiger partial charge in [0.2, 0.25) is 0 Å². The zero-order valence-corrected chi connectivity index (χ0v) is 23.2. The number of anilines is 1. The molecule has 204 valence electrons. The summed E-state index contributed by atoms with van der Waals surface area (Å²) in [5.41, 5.74) is 2.91. The highest BCUT2D eigenvalue weighted by atomic mass is 79.9. The number of hydrogen-bond acceptors (Lipinski definition) is 6. The topological polar surface area (TPSA) is 110 Å². The second-order valence-corrected chi connectivity index (χ2v) is 10.0. The first kappa shape index (κ1) is 28.1. The summed E-state index contributed by atoms with van der Waals surface area (Å²) in [4.78, 5) is 42.7. The molecule has 39 heavy (non-hydrogen) atoms. The Morgan fingerprint density at radius 2 is 1.79 bits per heavy atom. The van der Waals surface area contributed by atoms with Crippen LogP contribution >= 0.6 is 15.9 Å². The Morgan fingerprint density at radius 1 is 1.05 bits per heavy atom. The van der Waals surface area contributed by atoms with Crippen LogP contribution in [-0.2, 0) is 9.47 Å². The summed E-state index contributed by atoms with van der Waals surface area (Å²) in [7, 11) is 0. The van der Waals surface area contributed by atoms with Gasteiger partial charge in [-0.15, -0.1) is 0 Å². The molecule has 1 aliphatic heterocycles. The standard InChI is InChI=1S/C29H31BrN4O5/c1-20(23-10-11-25(24(30)19-23)33-27(35)26-9-5-6-14-31-26)39-28(36)32-15-18-38-29(37)34-16-12-22(13-17-34)21-7-3-2-4-8-21/h2-11,14,19-20,22H,12-13,15-18H2,1H3,(H,32,36)(H,33,35). The SMILES string of the molecule is CC(OC(=O)NCCOC(=O)N1CCC(c2ccccc2)CC1)c1ccc(NC(=O)c2ccccn2)c(Br)c1. The fraction of sp³-hybridized carbons (Fsp3) is 0.310. The van der Waals surface area contributed by atoms with E-state index in [4.69, 9.17) is 9.47 Å². The number of alkyl carbamates (subject to hydrolysis) is 1. The zero-order chi connectivity index (χ0) is 27.6. The van der Waals surface area contributed by atoms with Gasteiger partial charge in [-0.25, -0.2) is 9.59 Å². The summed E-state index contributed by atoms with van der Waals surface area (Å²) in [6.45, 7) is 3.22. The highest BCUT2D eigenvalue weighted by molar-refractivity contribution is 9.10. The Labute approximate surface area is 236 Å². The van der Waals surface area contributed by atoms with Crippen molar-refractivity contribution in [3.05, 3.63) is 94.2 Å². The number of nitrogens with zero attached hydrogens (tertiary/aromatic N) is 2. The van der Waals surface area contributed by atoms with Gasteiger partial charge in [0.15, 0.2) is 0 Å². The quantitative estimate of drug-likeness (QED) is 0.314. The van der Waals surface area contributed by atoms with Crippen molar-refractivity contribution in [2.75, 3.05) is 31.6 Å². The Morgan fingerprint density at radius 3 is 2.49 bits per heavy atom. The van der Waals surface area contributed by atoms with E-state index in [1.54, 1.807) is 54.4 Å². The molecule has 0 radical (unpaired) electrons. The number of ether oxygens (including phenoxy) is 2. The molecule has 1 atom stereocenters. The minimum absolute atomic E-state index is 0.0527. The van der Waals surface area contributed by atoms with Crippen LogP contribution in [0.4, 0.5) is 15.3 Å². The van der Waals surface area contributed by atoms with E-state index in [0.717, 1.165) is 18.4 Å². The number of carbonyl (C=O) groups excluding carboxylic acids is 3. The van der Waals surface area contributed by atoms with Gasteiger partial charge in [0.25, 0.3) is 5.91 Å². The number of rotatable bonds is 8. The van der Waals surface area contributed by atoms with Crippen molar-refractivity contribution in [1.29, 1.82) is 0 Å². The van der Waals surface area contributed by atoms with Crippen LogP contribution in [0.3, 0.4) is 0 Å². The third-order valence-electron chi connectivity index (χ3n) is 6.51. The summed E-state index contributed by atoms with van der Waals surface area (Å²) in [6, 6.07) is 20.7. The number of benzene rings is 2. The van der Waals surface area contributed by atoms with Gasteiger partial charge in [0.05, 0.1) is 12.2 Å². The summed E-state index contributed by atoms with van der Waals surface area (Å²) in [6.07, 6.45) is 1.81. The minimum Gasteiger partial charge on any atom is -0.448 e. The molecule has 1 saturated heterocycles. The number of carbonyl (C=O) groups is 3. The highest BCUT2D eigenvalue weighted by Gasteiger charge is 2.24. The molecule has 1 fully saturated rings. The molecule has 1 aromatic heterocycles. The van der Waals surface area contributed by atoms with Gasteiger partial charge < -0.3 is 25.0 Å². The van der Waals surface area contributed by atoms with Gasteiger partial charge in [0, 0.05) is 23.8 Å². The molecule has 3 amide bonds. The molecule has 2 N–H and O–H groups in total. The van der Waals surface area contributed by atoms with Crippen molar-refractivity contribution in [3.8, 4) is 0 Å². The van der Waals surface area contributed by atoms with Crippen molar-refractivity contribution in [1.82, 2.24) is 15.2 Å². The Hall–Kier alpha value is -3.92. The minimum atomic E-state index is -0.620. The van der Waals surface area contributed by atoms with Crippen molar-refractivity contribution in [3.63, 3.8) is 0 Å². The van der Waals surface area contributed by atoms with Crippen LogP contribution in [-0.4, -0.2) is 54.2 Å². The predicted octanol–water partition coefficient (Wildman–Crippen LogP) is 5.90. The average molecular weight is 595 g/mol. The first-order chi connectivity index (χ1) is 18.9. The lowest BCUT2D eigenvalue weighted by Crippen LogP contribution is -2.39. The van der Waals surface area contributed by atoms with E-state index in [0.29, 0.717) is 34.9 Å². The van der Waals surface area contributed by atoms with Crippen LogP contribution in [0.5, 0.6) is 0 Å². The molecule has 2 aromatic carbocycles. The first-order valence-electron chi connectivity index (χ1n) is 12.8. The number of hydrogen-bond donors (Lipinski definition) is 2. The molecule has 1 unspecified atom stereocenters. The normalized spacial score (nSPS) is 14.3. The van der Waals surface area contributed by atoms with Crippen LogP contribution in [0.15, 0.2) is 77.4 Å². The molecule has 2 heterocycles. The molecular formula is C29H31BrN4O5. The number of amides is 3. The van der Waals surface area contributed by atoms with Crippen LogP contribution in [0.1, 0.15) is 53.4 Å². The molecular weight excluding hydrogens is 564 g/mol. The molecule has 0 aliphatic carbocycles. The van der Waals surface area contributed by atoms with Crippen molar-refractivity contribution in [2.24, 2.45) is 0 Å². The molecule has 10 heteroatoms. The van der Waals surface area contributed by atoms with Crippen LogP contribution < -0.4 is 10.6 Å². The van der Waals surface area contributed by atoms with Gasteiger partial charge >= 0.3 is 12.2 Å². The molecule has 9 nitrogen and oxygen atoms in total. The summed E-state index contributed by atoms with van der Waals surface area (Å²) in [5, 5.41) is 5.40. The van der Waals surface area contributed by atoms with E-state index in [9.17, 15) is 14.4 Å². The second-order valence-electron chi connectivity index (χ2n) is 9.17. The third-order valence-corrected chi connectivity index (χ3v) is 7.17. The summed E-state index contributed by atoms with van der Waals surface area (Å²) < 4.78 is 11.4. The van der Waals surface area contributed by atoms with Gasteiger partial charge in [-0.3, -0.25) is 9.78 Å². The number of pyridine rings is 1. The molecule has 1 aliphatic rings. The molecule has 0 saturated carbocycles. The average Bonchev–Trinajstić information content (AvgIpc) is 2.97. The fourth-order valence-corrected chi connectivity index (χ4v) is 4.84. The lowest BCUT2D eigenvalue weighted by molar-refractivity contribution is 0.0866. The molecule has 0 bridgehead atoms. The van der Waals surface area contributed by atoms with Crippen molar-refractivity contribution < 1.29 is 23.9 Å². The molecule has 3 aromatic rings. The van der Waals surface area contributed by atoms with E-state index in [2.05, 4.69) is 43.7 Å². The number of piperidine rings is 1.